The lowest BCUT2D eigenvalue weighted by molar-refractivity contribution is -0.122. The summed E-state index contributed by atoms with van der Waals surface area (Å²) in [6.07, 6.45) is 1.81. The van der Waals surface area contributed by atoms with Crippen molar-refractivity contribution in [3.8, 4) is 5.75 Å². The molecule has 7 heteroatoms. The van der Waals surface area contributed by atoms with Crippen LogP contribution in [0.3, 0.4) is 0 Å². The van der Waals surface area contributed by atoms with Gasteiger partial charge in [0.05, 0.1) is 10.6 Å². The van der Waals surface area contributed by atoms with Gasteiger partial charge in [-0.2, -0.15) is 0 Å². The molecule has 0 unspecified atom stereocenters. The number of nitrogens with zero attached hydrogens (tertiary/aromatic N) is 2. The normalized spacial score (nSPS) is 16.2. The summed E-state index contributed by atoms with van der Waals surface area (Å²) in [6, 6.07) is 19.4. The quantitative estimate of drug-likeness (QED) is 0.422. The van der Waals surface area contributed by atoms with E-state index in [1.165, 1.54) is 36.0 Å². The van der Waals surface area contributed by atoms with Gasteiger partial charge in [0.25, 0.3) is 5.91 Å². The zero-order valence-corrected chi connectivity index (χ0v) is 18.1. The van der Waals surface area contributed by atoms with Crippen LogP contribution in [0.1, 0.15) is 18.1 Å². The Labute approximate surface area is 189 Å². The van der Waals surface area contributed by atoms with E-state index in [0.29, 0.717) is 34.7 Å². The minimum absolute atomic E-state index is 0.116. The van der Waals surface area contributed by atoms with Gasteiger partial charge in [-0.15, -0.1) is 0 Å². The van der Waals surface area contributed by atoms with Crippen LogP contribution in [0.5, 0.6) is 5.75 Å². The molecule has 0 saturated carbocycles. The lowest BCUT2D eigenvalue weighted by Gasteiger charge is -2.11. The number of amidine groups is 1. The summed E-state index contributed by atoms with van der Waals surface area (Å²) in [5.41, 5.74) is 2.32. The number of likely N-dealkylation sites (N-methyl/N-ethyl adjacent to an activating group) is 1. The Balaban J connectivity index is 1.46. The molecule has 0 aromatic heterocycles. The Morgan fingerprint density at radius 1 is 0.938 bits per heavy atom. The maximum atomic E-state index is 13.1. The van der Waals surface area contributed by atoms with Crippen molar-refractivity contribution in [3.63, 3.8) is 0 Å². The fraction of sp³-hybridized carbons (Fsp3) is 0.120. The number of ether oxygens (including phenoxy) is 1. The van der Waals surface area contributed by atoms with Crippen molar-refractivity contribution in [1.82, 2.24) is 4.90 Å². The van der Waals surface area contributed by atoms with Gasteiger partial charge in [0.2, 0.25) is 0 Å². The predicted octanol–water partition coefficient (Wildman–Crippen LogP) is 6.17. The topological polar surface area (TPSA) is 41.9 Å². The second-order valence-electron chi connectivity index (χ2n) is 7.02. The number of hydrogen-bond acceptors (Lipinski definition) is 4. The molecule has 0 radical (unpaired) electrons. The van der Waals surface area contributed by atoms with E-state index in [-0.39, 0.29) is 17.5 Å². The zero-order valence-electron chi connectivity index (χ0n) is 17.3. The van der Waals surface area contributed by atoms with Crippen LogP contribution in [-0.4, -0.2) is 22.5 Å². The second kappa shape index (κ2) is 9.78. The first kappa shape index (κ1) is 21.8. The minimum atomic E-state index is -0.331. The van der Waals surface area contributed by atoms with E-state index in [1.807, 2.05) is 37.3 Å². The Morgan fingerprint density at radius 3 is 2.19 bits per heavy atom. The van der Waals surface area contributed by atoms with Gasteiger partial charge in [0, 0.05) is 6.54 Å². The van der Waals surface area contributed by atoms with Crippen LogP contribution in [0.25, 0.3) is 6.08 Å². The number of hydrogen-bond donors (Lipinski definition) is 0. The van der Waals surface area contributed by atoms with Crippen molar-refractivity contribution in [1.29, 1.82) is 0 Å². The van der Waals surface area contributed by atoms with Crippen molar-refractivity contribution >= 4 is 34.6 Å². The molecule has 4 nitrogen and oxygen atoms in total. The van der Waals surface area contributed by atoms with E-state index in [4.69, 9.17) is 4.74 Å². The molecule has 1 heterocycles. The van der Waals surface area contributed by atoms with Gasteiger partial charge < -0.3 is 4.74 Å². The van der Waals surface area contributed by atoms with Crippen LogP contribution < -0.4 is 4.74 Å². The molecule has 0 atom stereocenters. The molecule has 1 fully saturated rings. The van der Waals surface area contributed by atoms with Crippen molar-refractivity contribution in [2.45, 2.75) is 13.5 Å². The van der Waals surface area contributed by atoms with Crippen LogP contribution in [0.4, 0.5) is 14.5 Å². The van der Waals surface area contributed by atoms with Gasteiger partial charge in [-0.3, -0.25) is 9.69 Å². The van der Waals surface area contributed by atoms with E-state index in [9.17, 15) is 13.6 Å². The van der Waals surface area contributed by atoms with Crippen molar-refractivity contribution in [2.24, 2.45) is 4.99 Å². The summed E-state index contributed by atoms with van der Waals surface area (Å²) >= 11 is 1.29. The van der Waals surface area contributed by atoms with Crippen LogP contribution in [0, 0.1) is 11.6 Å². The van der Waals surface area contributed by atoms with Crippen molar-refractivity contribution in [2.75, 3.05) is 6.54 Å². The summed E-state index contributed by atoms with van der Waals surface area (Å²) in [5, 5.41) is 0.564. The Bertz CT molecular complexity index is 1160. The number of amides is 1. The van der Waals surface area contributed by atoms with Gasteiger partial charge in [0.15, 0.2) is 5.17 Å². The number of thioether (sulfide) groups is 1. The number of carbonyl (C=O) groups is 1. The van der Waals surface area contributed by atoms with Gasteiger partial charge in [-0.05, 0) is 84.4 Å². The molecule has 3 aromatic rings. The molecule has 0 N–H and O–H groups in total. The molecule has 1 amide bonds. The first-order valence-corrected chi connectivity index (χ1v) is 10.9. The lowest BCUT2D eigenvalue weighted by atomic mass is 10.2. The highest BCUT2D eigenvalue weighted by molar-refractivity contribution is 8.18. The lowest BCUT2D eigenvalue weighted by Crippen LogP contribution is -2.28. The first-order chi connectivity index (χ1) is 15.5. The molecule has 32 heavy (non-hydrogen) atoms. The Morgan fingerprint density at radius 2 is 1.56 bits per heavy atom. The van der Waals surface area contributed by atoms with Gasteiger partial charge >= 0.3 is 0 Å². The van der Waals surface area contributed by atoms with Crippen LogP contribution >= 0.6 is 11.8 Å². The molecule has 0 spiro atoms. The van der Waals surface area contributed by atoms with Gasteiger partial charge in [0.1, 0.15) is 24.0 Å². The van der Waals surface area contributed by atoms with E-state index in [0.717, 1.165) is 11.1 Å². The first-order valence-electron chi connectivity index (χ1n) is 10.0. The van der Waals surface area contributed by atoms with Crippen LogP contribution in [0.15, 0.2) is 82.7 Å². The molecule has 1 aliphatic rings. The molecule has 1 aliphatic heterocycles. The summed E-state index contributed by atoms with van der Waals surface area (Å²) in [4.78, 5) is 19.5. The number of benzene rings is 3. The third-order valence-electron chi connectivity index (χ3n) is 4.75. The maximum Gasteiger partial charge on any atom is 0.266 e. The van der Waals surface area contributed by atoms with Crippen LogP contribution in [-0.2, 0) is 11.4 Å². The average molecular weight is 451 g/mol. The van der Waals surface area contributed by atoms with Crippen LogP contribution in [0.2, 0.25) is 0 Å². The monoisotopic (exact) mass is 450 g/mol. The average Bonchev–Trinajstić information content (AvgIpc) is 3.09. The molecule has 1 saturated heterocycles. The molecule has 3 aromatic carbocycles. The molecule has 0 aliphatic carbocycles. The number of aliphatic imine (C=N–C) groups is 1. The smallest absolute Gasteiger partial charge is 0.266 e. The molecular formula is C25H20F2N2O2S. The molecule has 0 bridgehead atoms. The standard InChI is InChI=1S/C25H20F2N2O2S/c1-2-29-24(30)23(32-25(29)28-21-11-9-20(27)10-12-21)15-17-5-13-22(14-6-17)31-16-18-3-7-19(26)8-4-18/h3-15H,2,16H2,1H3/b23-15+,28-25?. The Kier molecular flexibility index (Phi) is 6.66. The third kappa shape index (κ3) is 5.23. The fourth-order valence-corrected chi connectivity index (χ4v) is 4.12. The SMILES string of the molecule is CCN1C(=O)/C(=C\c2ccc(OCc3ccc(F)cc3)cc2)SC1=Nc1ccc(F)cc1. The highest BCUT2D eigenvalue weighted by Crippen LogP contribution is 2.34. The largest absolute Gasteiger partial charge is 0.489 e. The fourth-order valence-electron chi connectivity index (χ4n) is 3.06. The van der Waals surface area contributed by atoms with E-state index >= 15 is 0 Å². The zero-order chi connectivity index (χ0) is 22.5. The molecular weight excluding hydrogens is 430 g/mol. The summed E-state index contributed by atoms with van der Waals surface area (Å²) in [6.45, 7) is 2.71. The summed E-state index contributed by atoms with van der Waals surface area (Å²) in [5.74, 6) is -0.0503. The van der Waals surface area contributed by atoms with E-state index in [2.05, 4.69) is 4.99 Å². The van der Waals surface area contributed by atoms with Gasteiger partial charge in [-0.25, -0.2) is 13.8 Å². The predicted molar refractivity (Wildman–Crippen MR) is 124 cm³/mol. The molecule has 162 valence electrons. The van der Waals surface area contributed by atoms with Crippen molar-refractivity contribution in [3.05, 3.63) is 100 Å². The van der Waals surface area contributed by atoms with Crippen molar-refractivity contribution < 1.29 is 18.3 Å². The highest BCUT2D eigenvalue weighted by Gasteiger charge is 2.32. The summed E-state index contributed by atoms with van der Waals surface area (Å²) < 4.78 is 31.9. The van der Waals surface area contributed by atoms with E-state index < -0.39 is 0 Å². The minimum Gasteiger partial charge on any atom is -0.489 e. The highest BCUT2D eigenvalue weighted by atomic mass is 32.2. The number of carbonyl (C=O) groups excluding carboxylic acids is 1. The number of halogens is 2. The third-order valence-corrected chi connectivity index (χ3v) is 5.76. The van der Waals surface area contributed by atoms with E-state index in [1.54, 1.807) is 29.2 Å². The second-order valence-corrected chi connectivity index (χ2v) is 8.02. The number of rotatable bonds is 6. The van der Waals surface area contributed by atoms with Gasteiger partial charge in [-0.1, -0.05) is 24.3 Å². The summed E-state index contributed by atoms with van der Waals surface area (Å²) in [7, 11) is 0. The molecule has 4 rings (SSSR count). The maximum absolute atomic E-state index is 13.1. The Hall–Kier alpha value is -3.45.